The Hall–Kier alpha value is -1.59. The van der Waals surface area contributed by atoms with Gasteiger partial charge in [0.1, 0.15) is 18.5 Å². The number of nitrogens with zero attached hydrogens (tertiary/aromatic N) is 1. The summed E-state index contributed by atoms with van der Waals surface area (Å²) in [6.07, 6.45) is 0.600. The van der Waals surface area contributed by atoms with Gasteiger partial charge in [0.2, 0.25) is 5.91 Å². The molecule has 1 atom stereocenters. The number of benzene rings is 1. The number of piperidine rings is 1. The molecule has 0 bridgehead atoms. The second kappa shape index (κ2) is 7.26. The van der Waals surface area contributed by atoms with Crippen LogP contribution in [0.25, 0.3) is 0 Å². The highest BCUT2D eigenvalue weighted by Crippen LogP contribution is 2.20. The molecule has 1 aliphatic heterocycles. The van der Waals surface area contributed by atoms with Gasteiger partial charge in [-0.25, -0.2) is 0 Å². The molecule has 2 rings (SSSR count). The molecule has 1 aromatic rings. The molecular formula is C15H22N2O3. The molecule has 20 heavy (non-hydrogen) atoms. The van der Waals surface area contributed by atoms with Gasteiger partial charge >= 0.3 is 0 Å². The first-order chi connectivity index (χ1) is 9.66. The number of aliphatic hydroxyl groups is 1. The van der Waals surface area contributed by atoms with E-state index in [1.807, 2.05) is 30.3 Å². The first-order valence-corrected chi connectivity index (χ1v) is 7.04. The number of para-hydroxylation sites is 1. The summed E-state index contributed by atoms with van der Waals surface area (Å²) in [6, 6.07) is 9.74. The van der Waals surface area contributed by atoms with Gasteiger partial charge in [-0.2, -0.15) is 0 Å². The number of primary amides is 1. The highest BCUT2D eigenvalue weighted by atomic mass is 16.5. The number of likely N-dealkylation sites (tertiary alicyclic amines) is 1. The van der Waals surface area contributed by atoms with Crippen LogP contribution in [0.1, 0.15) is 12.8 Å². The quantitative estimate of drug-likeness (QED) is 0.800. The fourth-order valence-corrected chi connectivity index (χ4v) is 2.53. The highest BCUT2D eigenvalue weighted by Gasteiger charge is 2.28. The topological polar surface area (TPSA) is 75.8 Å². The number of carbonyl (C=O) groups is 1. The lowest BCUT2D eigenvalue weighted by Crippen LogP contribution is -2.43. The lowest BCUT2D eigenvalue weighted by molar-refractivity contribution is -0.129. The maximum atomic E-state index is 10.9. The second-order valence-corrected chi connectivity index (χ2v) is 5.19. The first-order valence-electron chi connectivity index (χ1n) is 7.04. The van der Waals surface area contributed by atoms with E-state index in [0.717, 1.165) is 38.2 Å². The SMILES string of the molecule is NC(=O)[C@H](O)C1CCN(CCOc2ccccc2)CC1. The van der Waals surface area contributed by atoms with E-state index in [9.17, 15) is 9.90 Å². The van der Waals surface area contributed by atoms with E-state index < -0.39 is 12.0 Å². The molecule has 110 valence electrons. The number of rotatable bonds is 6. The monoisotopic (exact) mass is 278 g/mol. The molecule has 1 amide bonds. The molecule has 1 aromatic carbocycles. The number of nitrogens with two attached hydrogens (primary N) is 1. The van der Waals surface area contributed by atoms with Crippen molar-refractivity contribution in [2.24, 2.45) is 11.7 Å². The van der Waals surface area contributed by atoms with E-state index in [-0.39, 0.29) is 5.92 Å². The van der Waals surface area contributed by atoms with E-state index in [4.69, 9.17) is 10.5 Å². The number of aliphatic hydroxyl groups excluding tert-OH is 1. The fraction of sp³-hybridized carbons (Fsp3) is 0.533. The molecule has 0 unspecified atom stereocenters. The van der Waals surface area contributed by atoms with Crippen LogP contribution in [0.5, 0.6) is 5.75 Å². The van der Waals surface area contributed by atoms with Gasteiger partial charge in [0.25, 0.3) is 0 Å². The summed E-state index contributed by atoms with van der Waals surface area (Å²) in [7, 11) is 0. The van der Waals surface area contributed by atoms with Crippen molar-refractivity contribution in [3.63, 3.8) is 0 Å². The molecule has 0 aromatic heterocycles. The standard InChI is InChI=1S/C15H22N2O3/c16-15(19)14(18)12-6-8-17(9-7-12)10-11-20-13-4-2-1-3-5-13/h1-5,12,14,18H,6-11H2,(H2,16,19)/t14-/m1/s1. The van der Waals surface area contributed by atoms with Crippen molar-refractivity contribution in [3.8, 4) is 5.75 Å². The van der Waals surface area contributed by atoms with Gasteiger partial charge in [-0.05, 0) is 44.0 Å². The van der Waals surface area contributed by atoms with Crippen molar-refractivity contribution in [2.45, 2.75) is 18.9 Å². The Kier molecular flexibility index (Phi) is 5.38. The molecule has 3 N–H and O–H groups in total. The second-order valence-electron chi connectivity index (χ2n) is 5.19. The summed E-state index contributed by atoms with van der Waals surface area (Å²) in [5, 5.41) is 9.64. The Labute approximate surface area is 119 Å². The molecule has 5 heteroatoms. The Bertz CT molecular complexity index is 416. The number of hydrogen-bond donors (Lipinski definition) is 2. The third-order valence-electron chi connectivity index (χ3n) is 3.79. The predicted molar refractivity (Wildman–Crippen MR) is 76.3 cm³/mol. The number of carbonyl (C=O) groups excluding carboxylic acids is 1. The molecule has 1 heterocycles. The molecule has 0 spiro atoms. The molecular weight excluding hydrogens is 256 g/mol. The van der Waals surface area contributed by atoms with Crippen LogP contribution in [0.4, 0.5) is 0 Å². The third kappa shape index (κ3) is 4.21. The van der Waals surface area contributed by atoms with E-state index >= 15 is 0 Å². The minimum atomic E-state index is -1.00. The Morgan fingerprint density at radius 3 is 2.60 bits per heavy atom. The molecule has 1 fully saturated rings. The van der Waals surface area contributed by atoms with Gasteiger partial charge < -0.3 is 15.6 Å². The van der Waals surface area contributed by atoms with Crippen LogP contribution < -0.4 is 10.5 Å². The van der Waals surface area contributed by atoms with Crippen LogP contribution in [0.15, 0.2) is 30.3 Å². The van der Waals surface area contributed by atoms with Crippen molar-refractivity contribution in [3.05, 3.63) is 30.3 Å². The van der Waals surface area contributed by atoms with Crippen LogP contribution in [0.2, 0.25) is 0 Å². The van der Waals surface area contributed by atoms with Crippen LogP contribution in [0.3, 0.4) is 0 Å². The van der Waals surface area contributed by atoms with Crippen molar-refractivity contribution in [1.82, 2.24) is 4.90 Å². The smallest absolute Gasteiger partial charge is 0.246 e. The summed E-state index contributed by atoms with van der Waals surface area (Å²) in [5.41, 5.74) is 5.12. The zero-order chi connectivity index (χ0) is 14.4. The van der Waals surface area contributed by atoms with Gasteiger partial charge in [0.05, 0.1) is 0 Å². The van der Waals surface area contributed by atoms with E-state index in [0.29, 0.717) is 6.61 Å². The number of hydrogen-bond acceptors (Lipinski definition) is 4. The average molecular weight is 278 g/mol. The van der Waals surface area contributed by atoms with Crippen LogP contribution in [-0.2, 0) is 4.79 Å². The predicted octanol–water partition coefficient (Wildman–Crippen LogP) is 0.624. The minimum absolute atomic E-state index is 0.00112. The minimum Gasteiger partial charge on any atom is -0.492 e. The highest BCUT2D eigenvalue weighted by molar-refractivity contribution is 5.78. The molecule has 0 saturated carbocycles. The maximum absolute atomic E-state index is 10.9. The maximum Gasteiger partial charge on any atom is 0.246 e. The number of amides is 1. The van der Waals surface area contributed by atoms with Gasteiger partial charge in [-0.15, -0.1) is 0 Å². The van der Waals surface area contributed by atoms with Crippen molar-refractivity contribution < 1.29 is 14.6 Å². The zero-order valence-corrected chi connectivity index (χ0v) is 11.6. The van der Waals surface area contributed by atoms with Crippen LogP contribution in [-0.4, -0.2) is 48.3 Å². The third-order valence-corrected chi connectivity index (χ3v) is 3.79. The van der Waals surface area contributed by atoms with Crippen LogP contribution >= 0.6 is 0 Å². The Balaban J connectivity index is 1.66. The first kappa shape index (κ1) is 14.8. The summed E-state index contributed by atoms with van der Waals surface area (Å²) in [6.45, 7) is 3.24. The van der Waals surface area contributed by atoms with Crippen molar-refractivity contribution >= 4 is 5.91 Å². The summed E-state index contributed by atoms with van der Waals surface area (Å²) >= 11 is 0. The Morgan fingerprint density at radius 2 is 2.00 bits per heavy atom. The van der Waals surface area contributed by atoms with E-state index in [1.165, 1.54) is 0 Å². The van der Waals surface area contributed by atoms with E-state index in [1.54, 1.807) is 0 Å². The van der Waals surface area contributed by atoms with E-state index in [2.05, 4.69) is 4.90 Å². The van der Waals surface area contributed by atoms with Gasteiger partial charge in [0, 0.05) is 6.54 Å². The van der Waals surface area contributed by atoms with Gasteiger partial charge in [-0.1, -0.05) is 18.2 Å². The summed E-state index contributed by atoms with van der Waals surface area (Å²) in [5.74, 6) is 0.265. The average Bonchev–Trinajstić information content (AvgIpc) is 2.48. The largest absolute Gasteiger partial charge is 0.492 e. The lowest BCUT2D eigenvalue weighted by atomic mass is 9.91. The summed E-state index contributed by atoms with van der Waals surface area (Å²) < 4.78 is 5.66. The molecule has 5 nitrogen and oxygen atoms in total. The van der Waals surface area contributed by atoms with Gasteiger partial charge in [-0.3, -0.25) is 9.69 Å². The zero-order valence-electron chi connectivity index (χ0n) is 11.6. The molecule has 1 aliphatic rings. The normalized spacial score (nSPS) is 18.6. The van der Waals surface area contributed by atoms with Gasteiger partial charge in [0.15, 0.2) is 0 Å². The Morgan fingerprint density at radius 1 is 1.35 bits per heavy atom. The van der Waals surface area contributed by atoms with Crippen molar-refractivity contribution in [1.29, 1.82) is 0 Å². The van der Waals surface area contributed by atoms with Crippen molar-refractivity contribution in [2.75, 3.05) is 26.2 Å². The number of ether oxygens (including phenoxy) is 1. The fourth-order valence-electron chi connectivity index (χ4n) is 2.53. The summed E-state index contributed by atoms with van der Waals surface area (Å²) in [4.78, 5) is 13.2. The molecule has 0 aliphatic carbocycles. The van der Waals surface area contributed by atoms with Crippen LogP contribution in [0, 0.1) is 5.92 Å². The molecule has 0 radical (unpaired) electrons. The lowest BCUT2D eigenvalue weighted by Gasteiger charge is -2.33. The molecule has 1 saturated heterocycles.